The van der Waals surface area contributed by atoms with E-state index in [1.165, 1.54) is 23.3 Å². The number of hydrogen-bond donors (Lipinski definition) is 1. The lowest BCUT2D eigenvalue weighted by Crippen LogP contribution is -2.22. The van der Waals surface area contributed by atoms with Crippen LogP contribution >= 0.6 is 22.7 Å². The van der Waals surface area contributed by atoms with Crippen molar-refractivity contribution >= 4 is 51.0 Å². The van der Waals surface area contributed by atoms with Crippen LogP contribution < -0.4 is 5.73 Å². The van der Waals surface area contributed by atoms with Crippen molar-refractivity contribution in [1.82, 2.24) is 24.5 Å². The van der Waals surface area contributed by atoms with Gasteiger partial charge in [-0.2, -0.15) is 5.10 Å². The molecule has 0 aliphatic carbocycles. The molecule has 2 N–H and O–H groups in total. The Morgan fingerprint density at radius 2 is 2.21 bits per heavy atom. The molecular weight excluding hydrogens is 406 g/mol. The van der Waals surface area contributed by atoms with Crippen molar-refractivity contribution in [3.63, 3.8) is 0 Å². The molecule has 4 heterocycles. The average molecular weight is 426 g/mol. The highest BCUT2D eigenvalue weighted by atomic mass is 32.1. The molecule has 4 aromatic rings. The van der Waals surface area contributed by atoms with E-state index in [4.69, 9.17) is 10.7 Å². The summed E-state index contributed by atoms with van der Waals surface area (Å²) >= 11 is 3.09. The van der Waals surface area contributed by atoms with Crippen molar-refractivity contribution in [1.29, 1.82) is 0 Å². The number of rotatable bonds is 6. The zero-order valence-corrected chi connectivity index (χ0v) is 17.6. The number of fused-ring (bicyclic) bond motifs is 1. The van der Waals surface area contributed by atoms with E-state index < -0.39 is 0 Å². The third-order valence-electron chi connectivity index (χ3n) is 4.24. The first kappa shape index (κ1) is 19.2. The molecule has 0 aliphatic rings. The molecule has 4 aromatic heterocycles. The number of aromatic nitrogens is 4. The number of hydrazone groups is 1. The predicted octanol–water partition coefficient (Wildman–Crippen LogP) is 3.04. The summed E-state index contributed by atoms with van der Waals surface area (Å²) in [6.45, 7) is 1.84. The second-order valence-electron chi connectivity index (χ2n) is 6.49. The number of nitrogens with zero attached hydrogens (tertiary/aromatic N) is 6. The van der Waals surface area contributed by atoms with Crippen LogP contribution in [0.5, 0.6) is 0 Å². The maximum Gasteiger partial charge on any atom is 0.239 e. The van der Waals surface area contributed by atoms with Crippen LogP contribution in [-0.2, 0) is 24.8 Å². The number of aryl methyl sites for hydroxylation is 1. The molecule has 4 rings (SSSR count). The van der Waals surface area contributed by atoms with E-state index in [1.807, 2.05) is 35.3 Å². The third-order valence-corrected chi connectivity index (χ3v) is 5.97. The Morgan fingerprint density at radius 1 is 1.34 bits per heavy atom. The second-order valence-corrected chi connectivity index (χ2v) is 8.29. The lowest BCUT2D eigenvalue weighted by atomic mass is 10.3. The van der Waals surface area contributed by atoms with Gasteiger partial charge in [0.05, 0.1) is 28.7 Å². The first-order valence-electron chi connectivity index (χ1n) is 8.85. The summed E-state index contributed by atoms with van der Waals surface area (Å²) in [5, 5.41) is 8.66. The number of pyridine rings is 1. The summed E-state index contributed by atoms with van der Waals surface area (Å²) in [5.74, 6) is 0.361. The molecule has 29 heavy (non-hydrogen) atoms. The van der Waals surface area contributed by atoms with Crippen molar-refractivity contribution in [3.8, 4) is 0 Å². The molecule has 8 nitrogen and oxygen atoms in total. The Morgan fingerprint density at radius 3 is 2.93 bits per heavy atom. The van der Waals surface area contributed by atoms with Crippen molar-refractivity contribution in [2.24, 2.45) is 12.1 Å². The zero-order valence-electron chi connectivity index (χ0n) is 15.9. The van der Waals surface area contributed by atoms with Crippen LogP contribution in [0.2, 0.25) is 0 Å². The van der Waals surface area contributed by atoms with E-state index in [2.05, 4.69) is 15.1 Å². The summed E-state index contributed by atoms with van der Waals surface area (Å²) in [4.78, 5) is 25.2. The van der Waals surface area contributed by atoms with E-state index in [0.717, 1.165) is 32.3 Å². The number of anilines is 1. The predicted molar refractivity (Wildman–Crippen MR) is 116 cm³/mol. The smallest absolute Gasteiger partial charge is 0.239 e. The van der Waals surface area contributed by atoms with Crippen molar-refractivity contribution in [3.05, 3.63) is 57.2 Å². The molecule has 0 radical (unpaired) electrons. The Bertz CT molecular complexity index is 1180. The van der Waals surface area contributed by atoms with Crippen LogP contribution in [0.4, 0.5) is 5.82 Å². The van der Waals surface area contributed by atoms with Crippen molar-refractivity contribution < 1.29 is 4.79 Å². The van der Waals surface area contributed by atoms with Crippen molar-refractivity contribution in [2.75, 3.05) is 5.73 Å². The van der Waals surface area contributed by atoms with Crippen LogP contribution in [0.1, 0.15) is 28.9 Å². The number of hydrogen-bond acceptors (Lipinski definition) is 8. The molecule has 0 saturated heterocycles. The molecule has 0 unspecified atom stereocenters. The van der Waals surface area contributed by atoms with Gasteiger partial charge < -0.3 is 10.3 Å². The van der Waals surface area contributed by atoms with Crippen molar-refractivity contribution in [2.45, 2.75) is 19.9 Å². The topological polar surface area (TPSA) is 102 Å². The number of nitrogen functional groups attached to an aromatic ring is 1. The van der Waals surface area contributed by atoms with Gasteiger partial charge in [0, 0.05) is 43.2 Å². The zero-order chi connectivity index (χ0) is 20.4. The summed E-state index contributed by atoms with van der Waals surface area (Å²) in [6, 6.07) is 5.60. The minimum Gasteiger partial charge on any atom is -0.384 e. The van der Waals surface area contributed by atoms with Gasteiger partial charge >= 0.3 is 0 Å². The fourth-order valence-corrected chi connectivity index (χ4v) is 4.51. The Labute approximate surface area is 175 Å². The van der Waals surface area contributed by atoms with Gasteiger partial charge in [-0.15, -0.1) is 22.7 Å². The molecule has 0 fully saturated rings. The molecule has 148 valence electrons. The van der Waals surface area contributed by atoms with Crippen LogP contribution in [-0.4, -0.2) is 36.6 Å². The Kier molecular flexibility index (Phi) is 5.36. The maximum atomic E-state index is 12.0. The quantitative estimate of drug-likeness (QED) is 0.378. The molecule has 0 aromatic carbocycles. The van der Waals surface area contributed by atoms with E-state index in [1.54, 1.807) is 29.1 Å². The largest absolute Gasteiger partial charge is 0.384 e. The van der Waals surface area contributed by atoms with Gasteiger partial charge in [-0.05, 0) is 12.1 Å². The van der Waals surface area contributed by atoms with Gasteiger partial charge in [0.25, 0.3) is 0 Å². The summed E-state index contributed by atoms with van der Waals surface area (Å²) < 4.78 is 2.98. The fraction of sp³-hybridized carbons (Fsp3) is 0.211. The normalized spacial score (nSPS) is 11.5. The molecule has 10 heteroatoms. The van der Waals surface area contributed by atoms with E-state index in [-0.39, 0.29) is 5.91 Å². The Hall–Kier alpha value is -3.11. The van der Waals surface area contributed by atoms with Crippen LogP contribution in [0.25, 0.3) is 10.3 Å². The lowest BCUT2D eigenvalue weighted by molar-refractivity contribution is -0.129. The van der Waals surface area contributed by atoms with Gasteiger partial charge in [-0.1, -0.05) is 6.07 Å². The van der Waals surface area contributed by atoms with Crippen LogP contribution in [0.15, 0.2) is 40.4 Å². The minimum absolute atomic E-state index is 0.140. The number of nitrogens with two attached hydrogens (primary N) is 1. The maximum absolute atomic E-state index is 12.0. The second kappa shape index (κ2) is 8.10. The number of carbonyl (C=O) groups is 1. The van der Waals surface area contributed by atoms with Gasteiger partial charge in [0.2, 0.25) is 5.91 Å². The van der Waals surface area contributed by atoms with E-state index >= 15 is 0 Å². The summed E-state index contributed by atoms with van der Waals surface area (Å²) in [7, 11) is 1.94. The average Bonchev–Trinajstić information content (AvgIpc) is 3.38. The molecule has 0 aliphatic heterocycles. The SMILES string of the molecule is CC(=O)N(Cc1cscn1)/N=C\c1cn(C)c2nc(Cc3cccc(N)n3)sc12. The first-order valence-corrected chi connectivity index (χ1v) is 10.6. The van der Waals surface area contributed by atoms with Gasteiger partial charge in [0.15, 0.2) is 5.65 Å². The van der Waals surface area contributed by atoms with Crippen LogP contribution in [0, 0.1) is 0 Å². The highest BCUT2D eigenvalue weighted by Crippen LogP contribution is 2.27. The first-order chi connectivity index (χ1) is 14.0. The van der Waals surface area contributed by atoms with E-state index in [0.29, 0.717) is 18.8 Å². The highest BCUT2D eigenvalue weighted by molar-refractivity contribution is 7.19. The fourth-order valence-electron chi connectivity index (χ4n) is 2.86. The molecular formula is C19H19N7OS2. The van der Waals surface area contributed by atoms with Gasteiger partial charge in [0.1, 0.15) is 10.8 Å². The number of amides is 1. The monoisotopic (exact) mass is 425 g/mol. The van der Waals surface area contributed by atoms with Gasteiger partial charge in [-0.3, -0.25) is 4.79 Å². The molecule has 0 bridgehead atoms. The third kappa shape index (κ3) is 4.33. The molecule has 0 saturated carbocycles. The number of carbonyl (C=O) groups excluding carboxylic acids is 1. The van der Waals surface area contributed by atoms with Crippen LogP contribution in [0.3, 0.4) is 0 Å². The molecule has 0 spiro atoms. The highest BCUT2D eigenvalue weighted by Gasteiger charge is 2.14. The number of thiazole rings is 2. The Balaban J connectivity index is 1.59. The molecule has 0 atom stereocenters. The summed E-state index contributed by atoms with van der Waals surface area (Å²) in [5.41, 5.74) is 11.0. The minimum atomic E-state index is -0.140. The standard InChI is InChI=1S/C19H19N7OS2/c1-12(27)26(9-15-10-28-11-21-15)22-7-13-8-25(2)19-18(13)29-17(24-19)6-14-4-3-5-16(20)23-14/h3-5,7-8,10-11H,6,9H2,1-2H3,(H2,20,23)/b22-7-. The van der Waals surface area contributed by atoms with E-state index in [9.17, 15) is 4.79 Å². The summed E-state index contributed by atoms with van der Waals surface area (Å²) in [6.07, 6.45) is 4.28. The lowest BCUT2D eigenvalue weighted by Gasteiger charge is -2.12. The van der Waals surface area contributed by atoms with Gasteiger partial charge in [-0.25, -0.2) is 20.0 Å². The molecule has 1 amide bonds.